The van der Waals surface area contributed by atoms with Crippen molar-refractivity contribution in [2.75, 3.05) is 7.11 Å². The van der Waals surface area contributed by atoms with Gasteiger partial charge in [-0.1, -0.05) is 38.0 Å². The highest BCUT2D eigenvalue weighted by atomic mass is 16.5. The van der Waals surface area contributed by atoms with Crippen molar-refractivity contribution in [1.82, 2.24) is 5.32 Å². The van der Waals surface area contributed by atoms with Gasteiger partial charge in [0.2, 0.25) is 0 Å². The van der Waals surface area contributed by atoms with Crippen molar-refractivity contribution in [3.05, 3.63) is 29.8 Å². The molecule has 1 saturated carbocycles. The maximum Gasteiger partial charge on any atom is 0.123 e. The van der Waals surface area contributed by atoms with Gasteiger partial charge in [-0.05, 0) is 24.8 Å². The zero-order chi connectivity index (χ0) is 12.1. The van der Waals surface area contributed by atoms with E-state index in [4.69, 9.17) is 4.74 Å². The molecule has 2 rings (SSSR count). The van der Waals surface area contributed by atoms with E-state index >= 15 is 0 Å². The highest BCUT2D eigenvalue weighted by Gasteiger charge is 2.20. The van der Waals surface area contributed by atoms with Crippen LogP contribution < -0.4 is 10.1 Å². The average molecular weight is 233 g/mol. The first-order chi connectivity index (χ1) is 8.31. The lowest BCUT2D eigenvalue weighted by Crippen LogP contribution is -2.36. The van der Waals surface area contributed by atoms with E-state index in [1.165, 1.54) is 31.2 Å². The monoisotopic (exact) mass is 233 g/mol. The lowest BCUT2D eigenvalue weighted by atomic mass is 9.86. The second-order valence-electron chi connectivity index (χ2n) is 5.06. The second kappa shape index (κ2) is 6.06. The van der Waals surface area contributed by atoms with Crippen molar-refractivity contribution < 1.29 is 4.74 Å². The molecule has 0 aliphatic heterocycles. The Morgan fingerprint density at radius 1 is 1.24 bits per heavy atom. The van der Waals surface area contributed by atoms with E-state index in [9.17, 15) is 0 Å². The molecule has 0 spiro atoms. The number of rotatable bonds is 4. The van der Waals surface area contributed by atoms with Gasteiger partial charge < -0.3 is 10.1 Å². The van der Waals surface area contributed by atoms with Crippen LogP contribution in [-0.2, 0) is 6.54 Å². The van der Waals surface area contributed by atoms with Crippen LogP contribution in [0, 0.1) is 5.92 Å². The molecule has 0 amide bonds. The van der Waals surface area contributed by atoms with Gasteiger partial charge in [0.1, 0.15) is 5.75 Å². The topological polar surface area (TPSA) is 21.3 Å². The number of methoxy groups -OCH3 is 1. The van der Waals surface area contributed by atoms with Crippen LogP contribution in [0.2, 0.25) is 0 Å². The standard InChI is InChI=1S/C15H23NO/c1-12-7-3-5-9-14(12)16-11-13-8-4-6-10-15(13)17-2/h4,6,8,10,12,14,16H,3,5,7,9,11H2,1-2H3/t12-,14+/m0/s1. The quantitative estimate of drug-likeness (QED) is 0.861. The molecule has 0 unspecified atom stereocenters. The summed E-state index contributed by atoms with van der Waals surface area (Å²) in [6.45, 7) is 3.28. The first-order valence-corrected chi connectivity index (χ1v) is 6.66. The van der Waals surface area contributed by atoms with Crippen molar-refractivity contribution >= 4 is 0 Å². The van der Waals surface area contributed by atoms with Crippen molar-refractivity contribution in [2.45, 2.75) is 45.2 Å². The molecule has 2 heteroatoms. The van der Waals surface area contributed by atoms with Gasteiger partial charge in [0, 0.05) is 18.2 Å². The molecule has 1 aromatic carbocycles. The normalized spacial score (nSPS) is 24.6. The summed E-state index contributed by atoms with van der Waals surface area (Å²) in [4.78, 5) is 0. The summed E-state index contributed by atoms with van der Waals surface area (Å²) in [5.41, 5.74) is 1.26. The Kier molecular flexibility index (Phi) is 4.43. The SMILES string of the molecule is COc1ccccc1CN[C@@H]1CCCC[C@@H]1C. The van der Waals surface area contributed by atoms with E-state index in [1.807, 2.05) is 12.1 Å². The summed E-state index contributed by atoms with van der Waals surface area (Å²) in [6.07, 6.45) is 5.45. The number of hydrogen-bond acceptors (Lipinski definition) is 2. The largest absolute Gasteiger partial charge is 0.496 e. The van der Waals surface area contributed by atoms with Gasteiger partial charge in [0.15, 0.2) is 0 Å². The summed E-state index contributed by atoms with van der Waals surface area (Å²) in [6, 6.07) is 8.93. The summed E-state index contributed by atoms with van der Waals surface area (Å²) in [7, 11) is 1.74. The van der Waals surface area contributed by atoms with Gasteiger partial charge in [-0.15, -0.1) is 0 Å². The molecule has 1 aromatic rings. The van der Waals surface area contributed by atoms with Gasteiger partial charge >= 0.3 is 0 Å². The van der Waals surface area contributed by atoms with Crippen LogP contribution in [0.1, 0.15) is 38.2 Å². The molecule has 1 aliphatic rings. The van der Waals surface area contributed by atoms with E-state index < -0.39 is 0 Å². The van der Waals surface area contributed by atoms with Crippen molar-refractivity contribution in [3.63, 3.8) is 0 Å². The smallest absolute Gasteiger partial charge is 0.123 e. The minimum atomic E-state index is 0.675. The first kappa shape index (κ1) is 12.4. The fourth-order valence-electron chi connectivity index (χ4n) is 2.71. The number of hydrogen-bond donors (Lipinski definition) is 1. The lowest BCUT2D eigenvalue weighted by Gasteiger charge is -2.29. The van der Waals surface area contributed by atoms with Gasteiger partial charge in [-0.3, -0.25) is 0 Å². The number of benzene rings is 1. The van der Waals surface area contributed by atoms with E-state index in [-0.39, 0.29) is 0 Å². The predicted molar refractivity (Wildman–Crippen MR) is 71.3 cm³/mol. The van der Waals surface area contributed by atoms with E-state index in [1.54, 1.807) is 7.11 Å². The van der Waals surface area contributed by atoms with Crippen LogP contribution in [0.3, 0.4) is 0 Å². The molecule has 0 bridgehead atoms. The molecule has 94 valence electrons. The van der Waals surface area contributed by atoms with Crippen molar-refractivity contribution in [1.29, 1.82) is 0 Å². The van der Waals surface area contributed by atoms with Crippen LogP contribution in [0.4, 0.5) is 0 Å². The zero-order valence-electron chi connectivity index (χ0n) is 10.9. The third kappa shape index (κ3) is 3.22. The molecule has 17 heavy (non-hydrogen) atoms. The zero-order valence-corrected chi connectivity index (χ0v) is 10.9. The molecule has 0 radical (unpaired) electrons. The van der Waals surface area contributed by atoms with E-state index in [0.717, 1.165) is 18.2 Å². The molecular formula is C15H23NO. The van der Waals surface area contributed by atoms with Gasteiger partial charge in [0.25, 0.3) is 0 Å². The van der Waals surface area contributed by atoms with Crippen LogP contribution >= 0.6 is 0 Å². The highest BCUT2D eigenvalue weighted by Crippen LogP contribution is 2.25. The Hall–Kier alpha value is -1.02. The molecule has 1 aliphatic carbocycles. The Bertz CT molecular complexity index is 351. The van der Waals surface area contributed by atoms with E-state index in [2.05, 4.69) is 24.4 Å². The summed E-state index contributed by atoms with van der Waals surface area (Å²) in [5, 5.41) is 3.68. The Morgan fingerprint density at radius 3 is 2.76 bits per heavy atom. The summed E-state index contributed by atoms with van der Waals surface area (Å²) in [5.74, 6) is 1.79. The predicted octanol–water partition coefficient (Wildman–Crippen LogP) is 3.36. The van der Waals surface area contributed by atoms with Crippen LogP contribution in [-0.4, -0.2) is 13.2 Å². The second-order valence-corrected chi connectivity index (χ2v) is 5.06. The minimum Gasteiger partial charge on any atom is -0.496 e. The average Bonchev–Trinajstić information content (AvgIpc) is 2.38. The fourth-order valence-corrected chi connectivity index (χ4v) is 2.71. The third-order valence-corrected chi connectivity index (χ3v) is 3.86. The summed E-state index contributed by atoms with van der Waals surface area (Å²) >= 11 is 0. The van der Waals surface area contributed by atoms with Crippen LogP contribution in [0.5, 0.6) is 5.75 Å². The highest BCUT2D eigenvalue weighted by molar-refractivity contribution is 5.33. The molecular weight excluding hydrogens is 210 g/mol. The maximum absolute atomic E-state index is 5.37. The third-order valence-electron chi connectivity index (χ3n) is 3.86. The Labute approximate surface area is 104 Å². The van der Waals surface area contributed by atoms with Crippen LogP contribution in [0.15, 0.2) is 24.3 Å². The lowest BCUT2D eigenvalue weighted by molar-refractivity contribution is 0.278. The minimum absolute atomic E-state index is 0.675. The first-order valence-electron chi connectivity index (χ1n) is 6.66. The van der Waals surface area contributed by atoms with Crippen molar-refractivity contribution in [3.8, 4) is 5.75 Å². The van der Waals surface area contributed by atoms with Gasteiger partial charge in [-0.2, -0.15) is 0 Å². The number of para-hydroxylation sites is 1. The number of nitrogens with one attached hydrogen (secondary N) is 1. The molecule has 0 heterocycles. The molecule has 1 fully saturated rings. The number of ether oxygens (including phenoxy) is 1. The molecule has 0 saturated heterocycles. The van der Waals surface area contributed by atoms with Gasteiger partial charge in [0.05, 0.1) is 7.11 Å². The van der Waals surface area contributed by atoms with Crippen LogP contribution in [0.25, 0.3) is 0 Å². The molecule has 2 nitrogen and oxygen atoms in total. The maximum atomic E-state index is 5.37. The molecule has 0 aromatic heterocycles. The Balaban J connectivity index is 1.92. The fraction of sp³-hybridized carbons (Fsp3) is 0.600. The van der Waals surface area contributed by atoms with Crippen molar-refractivity contribution in [2.24, 2.45) is 5.92 Å². The molecule has 2 atom stereocenters. The molecule has 1 N–H and O–H groups in total. The van der Waals surface area contributed by atoms with E-state index in [0.29, 0.717) is 6.04 Å². The van der Waals surface area contributed by atoms with Gasteiger partial charge in [-0.25, -0.2) is 0 Å². The Morgan fingerprint density at radius 2 is 2.00 bits per heavy atom. The summed E-state index contributed by atoms with van der Waals surface area (Å²) < 4.78 is 5.37.